The second-order valence-corrected chi connectivity index (χ2v) is 5.35. The third-order valence-electron chi connectivity index (χ3n) is 2.96. The molecule has 1 aromatic carbocycles. The van der Waals surface area contributed by atoms with Crippen LogP contribution in [-0.2, 0) is 4.74 Å². The average molecular weight is 261 g/mol. The van der Waals surface area contributed by atoms with Crippen LogP contribution in [0.4, 0.5) is 0 Å². The molecule has 0 amide bonds. The number of methoxy groups -OCH3 is 1. The summed E-state index contributed by atoms with van der Waals surface area (Å²) in [5.41, 5.74) is 3.84. The highest BCUT2D eigenvalue weighted by molar-refractivity contribution is 7.15. The van der Waals surface area contributed by atoms with Crippen LogP contribution in [0.1, 0.15) is 26.6 Å². The summed E-state index contributed by atoms with van der Waals surface area (Å²) in [6, 6.07) is 6.07. The molecule has 0 fully saturated rings. The van der Waals surface area contributed by atoms with Gasteiger partial charge in [-0.25, -0.2) is 9.78 Å². The van der Waals surface area contributed by atoms with E-state index < -0.39 is 0 Å². The van der Waals surface area contributed by atoms with E-state index in [-0.39, 0.29) is 5.97 Å². The van der Waals surface area contributed by atoms with Crippen LogP contribution in [0.25, 0.3) is 10.4 Å². The first kappa shape index (κ1) is 12.8. The normalized spacial score (nSPS) is 10.4. The van der Waals surface area contributed by atoms with Crippen molar-refractivity contribution in [2.45, 2.75) is 20.8 Å². The molecule has 4 heteroatoms. The number of aryl methyl sites for hydroxylation is 2. The number of esters is 1. The van der Waals surface area contributed by atoms with Crippen LogP contribution in [0.2, 0.25) is 0 Å². The Bertz CT molecular complexity index is 602. The van der Waals surface area contributed by atoms with Gasteiger partial charge in [-0.05, 0) is 37.5 Å². The van der Waals surface area contributed by atoms with Crippen molar-refractivity contribution in [3.63, 3.8) is 0 Å². The quantitative estimate of drug-likeness (QED) is 0.776. The van der Waals surface area contributed by atoms with Crippen LogP contribution in [0, 0.1) is 20.8 Å². The van der Waals surface area contributed by atoms with Crippen LogP contribution in [0.3, 0.4) is 0 Å². The molecule has 94 valence electrons. The van der Waals surface area contributed by atoms with Crippen molar-refractivity contribution in [1.82, 2.24) is 4.98 Å². The van der Waals surface area contributed by atoms with Gasteiger partial charge in [0, 0.05) is 0 Å². The second kappa shape index (κ2) is 4.90. The molecule has 2 rings (SSSR count). The van der Waals surface area contributed by atoms with Gasteiger partial charge in [-0.15, -0.1) is 11.3 Å². The van der Waals surface area contributed by atoms with Crippen LogP contribution in [-0.4, -0.2) is 18.1 Å². The summed E-state index contributed by atoms with van der Waals surface area (Å²) in [6.07, 6.45) is 0. The first-order valence-corrected chi connectivity index (χ1v) is 6.48. The fourth-order valence-corrected chi connectivity index (χ4v) is 2.83. The zero-order valence-electron chi connectivity index (χ0n) is 10.9. The van der Waals surface area contributed by atoms with E-state index in [9.17, 15) is 4.79 Å². The third kappa shape index (κ3) is 2.16. The van der Waals surface area contributed by atoms with Gasteiger partial charge >= 0.3 is 5.97 Å². The molecular formula is C14H15NO2S. The van der Waals surface area contributed by atoms with E-state index in [0.717, 1.165) is 15.4 Å². The van der Waals surface area contributed by atoms with E-state index in [1.165, 1.54) is 29.6 Å². The van der Waals surface area contributed by atoms with Crippen molar-refractivity contribution in [2.75, 3.05) is 7.11 Å². The number of hydrogen-bond acceptors (Lipinski definition) is 4. The predicted molar refractivity (Wildman–Crippen MR) is 73.1 cm³/mol. The van der Waals surface area contributed by atoms with Gasteiger partial charge in [0.2, 0.25) is 0 Å². The lowest BCUT2D eigenvalue weighted by Crippen LogP contribution is -2.03. The number of nitrogens with zero attached hydrogens (tertiary/aromatic N) is 1. The van der Waals surface area contributed by atoms with Gasteiger partial charge in [0.25, 0.3) is 0 Å². The minimum absolute atomic E-state index is 0.379. The SMILES string of the molecule is COC(=O)c1nc(C)sc1-c1cccc(C)c1C. The van der Waals surface area contributed by atoms with Crippen molar-refractivity contribution in [3.05, 3.63) is 40.0 Å². The molecule has 0 unspecified atom stereocenters. The van der Waals surface area contributed by atoms with Gasteiger partial charge in [-0.3, -0.25) is 0 Å². The smallest absolute Gasteiger partial charge is 0.358 e. The molecule has 0 spiro atoms. The van der Waals surface area contributed by atoms with Crippen LogP contribution < -0.4 is 0 Å². The van der Waals surface area contributed by atoms with Crippen LogP contribution in [0.15, 0.2) is 18.2 Å². The fourth-order valence-electron chi connectivity index (χ4n) is 1.84. The Labute approximate surface area is 110 Å². The number of aromatic nitrogens is 1. The summed E-state index contributed by atoms with van der Waals surface area (Å²) in [7, 11) is 1.38. The molecule has 0 saturated heterocycles. The molecule has 1 heterocycles. The number of benzene rings is 1. The Kier molecular flexibility index (Phi) is 3.48. The summed E-state index contributed by atoms with van der Waals surface area (Å²) < 4.78 is 4.79. The van der Waals surface area contributed by atoms with E-state index in [4.69, 9.17) is 4.74 Å². The van der Waals surface area contributed by atoms with Crippen LogP contribution in [0.5, 0.6) is 0 Å². The van der Waals surface area contributed by atoms with Gasteiger partial charge in [-0.1, -0.05) is 18.2 Å². The fraction of sp³-hybridized carbons (Fsp3) is 0.286. The number of thiazole rings is 1. The Morgan fingerprint density at radius 3 is 2.67 bits per heavy atom. The minimum Gasteiger partial charge on any atom is -0.464 e. The standard InChI is InChI=1S/C14H15NO2S/c1-8-6-5-7-11(9(8)2)13-12(14(16)17-4)15-10(3)18-13/h5-7H,1-4H3. The Hall–Kier alpha value is -1.68. The average Bonchev–Trinajstić information content (AvgIpc) is 2.73. The van der Waals surface area contributed by atoms with Gasteiger partial charge in [0.05, 0.1) is 17.0 Å². The van der Waals surface area contributed by atoms with Crippen LogP contribution >= 0.6 is 11.3 Å². The van der Waals surface area contributed by atoms with Crippen molar-refractivity contribution in [1.29, 1.82) is 0 Å². The largest absolute Gasteiger partial charge is 0.464 e. The van der Waals surface area contributed by atoms with Crippen molar-refractivity contribution >= 4 is 17.3 Å². The first-order chi connectivity index (χ1) is 8.54. The number of carbonyl (C=O) groups excluding carboxylic acids is 1. The Morgan fingerprint density at radius 1 is 1.28 bits per heavy atom. The van der Waals surface area contributed by atoms with E-state index in [1.807, 2.05) is 19.1 Å². The number of carbonyl (C=O) groups is 1. The minimum atomic E-state index is -0.379. The highest BCUT2D eigenvalue weighted by Crippen LogP contribution is 2.33. The summed E-state index contributed by atoms with van der Waals surface area (Å²) in [5, 5.41) is 0.867. The molecule has 0 aliphatic heterocycles. The van der Waals surface area contributed by atoms with Gasteiger partial charge < -0.3 is 4.74 Å². The lowest BCUT2D eigenvalue weighted by atomic mass is 10.0. The summed E-state index contributed by atoms with van der Waals surface area (Å²) in [6.45, 7) is 6.01. The number of hydrogen-bond donors (Lipinski definition) is 0. The molecule has 0 aliphatic carbocycles. The monoisotopic (exact) mass is 261 g/mol. The molecule has 0 saturated carbocycles. The topological polar surface area (TPSA) is 39.2 Å². The van der Waals surface area contributed by atoms with E-state index in [0.29, 0.717) is 5.69 Å². The highest BCUT2D eigenvalue weighted by atomic mass is 32.1. The van der Waals surface area contributed by atoms with Crippen molar-refractivity contribution < 1.29 is 9.53 Å². The number of ether oxygens (including phenoxy) is 1. The van der Waals surface area contributed by atoms with Gasteiger partial charge in [-0.2, -0.15) is 0 Å². The molecular weight excluding hydrogens is 246 g/mol. The van der Waals surface area contributed by atoms with E-state index in [1.54, 1.807) is 0 Å². The molecule has 0 N–H and O–H groups in total. The van der Waals surface area contributed by atoms with Crippen molar-refractivity contribution in [2.24, 2.45) is 0 Å². The summed E-state index contributed by atoms with van der Waals surface area (Å²) >= 11 is 1.52. The van der Waals surface area contributed by atoms with Gasteiger partial charge in [0.1, 0.15) is 0 Å². The maximum Gasteiger partial charge on any atom is 0.358 e. The first-order valence-electron chi connectivity index (χ1n) is 5.67. The van der Waals surface area contributed by atoms with Crippen molar-refractivity contribution in [3.8, 4) is 10.4 Å². The molecule has 1 aromatic heterocycles. The third-order valence-corrected chi connectivity index (χ3v) is 3.97. The Morgan fingerprint density at radius 2 is 2.00 bits per heavy atom. The maximum atomic E-state index is 11.7. The maximum absolute atomic E-state index is 11.7. The molecule has 0 bridgehead atoms. The van der Waals surface area contributed by atoms with E-state index >= 15 is 0 Å². The van der Waals surface area contributed by atoms with E-state index in [2.05, 4.69) is 24.9 Å². The molecule has 18 heavy (non-hydrogen) atoms. The number of rotatable bonds is 2. The lowest BCUT2D eigenvalue weighted by molar-refractivity contribution is 0.0595. The summed E-state index contributed by atoms with van der Waals surface area (Å²) in [4.78, 5) is 16.9. The molecule has 2 aromatic rings. The van der Waals surface area contributed by atoms with Gasteiger partial charge in [0.15, 0.2) is 5.69 Å². The zero-order chi connectivity index (χ0) is 13.3. The second-order valence-electron chi connectivity index (χ2n) is 4.15. The molecule has 0 aliphatic rings. The Balaban J connectivity index is 2.64. The highest BCUT2D eigenvalue weighted by Gasteiger charge is 2.20. The zero-order valence-corrected chi connectivity index (χ0v) is 11.7. The molecule has 3 nitrogen and oxygen atoms in total. The predicted octanol–water partition coefficient (Wildman–Crippen LogP) is 3.52. The summed E-state index contributed by atoms with van der Waals surface area (Å²) in [5.74, 6) is -0.379. The molecule has 0 atom stereocenters. The lowest BCUT2D eigenvalue weighted by Gasteiger charge is -2.07. The molecule has 0 radical (unpaired) electrons.